The van der Waals surface area contributed by atoms with E-state index in [2.05, 4.69) is 0 Å². The largest absolute Gasteiger partial charge is 0.422 e. The van der Waals surface area contributed by atoms with E-state index in [1.807, 2.05) is 57.2 Å². The minimum atomic E-state index is -0.309. The highest BCUT2D eigenvalue weighted by atomic mass is 16.5. The average molecular weight is 240 g/mol. The number of hydrogen-bond donors (Lipinski definition) is 0. The number of esters is 1. The zero-order valence-electron chi connectivity index (χ0n) is 10.9. The Morgan fingerprint density at radius 2 is 1.56 bits per heavy atom. The van der Waals surface area contributed by atoms with Gasteiger partial charge >= 0.3 is 5.97 Å². The van der Waals surface area contributed by atoms with Crippen LogP contribution in [-0.4, -0.2) is 5.97 Å². The van der Waals surface area contributed by atoms with E-state index in [9.17, 15) is 4.79 Å². The highest BCUT2D eigenvalue weighted by Crippen LogP contribution is 2.23. The van der Waals surface area contributed by atoms with Crippen LogP contribution in [0.4, 0.5) is 0 Å². The van der Waals surface area contributed by atoms with E-state index in [4.69, 9.17) is 4.74 Å². The molecule has 2 aromatic carbocycles. The number of hydrogen-bond acceptors (Lipinski definition) is 2. The highest BCUT2D eigenvalue weighted by Gasteiger charge is 2.11. The Kier molecular flexibility index (Phi) is 3.47. The third-order valence-electron chi connectivity index (χ3n) is 2.86. The van der Waals surface area contributed by atoms with Gasteiger partial charge in [-0.15, -0.1) is 0 Å². The van der Waals surface area contributed by atoms with E-state index in [-0.39, 0.29) is 5.97 Å². The van der Waals surface area contributed by atoms with Gasteiger partial charge in [-0.25, -0.2) is 4.79 Å². The Morgan fingerprint density at radius 3 is 2.17 bits per heavy atom. The second-order valence-electron chi connectivity index (χ2n) is 4.48. The number of carbonyl (C=O) groups excluding carboxylic acids is 1. The lowest BCUT2D eigenvalue weighted by Crippen LogP contribution is -2.10. The predicted molar refractivity (Wildman–Crippen MR) is 72.1 cm³/mol. The van der Waals surface area contributed by atoms with Crippen LogP contribution in [0.15, 0.2) is 42.5 Å². The summed E-state index contributed by atoms with van der Waals surface area (Å²) in [7, 11) is 0. The molecule has 0 radical (unpaired) electrons. The summed E-state index contributed by atoms with van der Waals surface area (Å²) in [5.41, 5.74) is 3.57. The van der Waals surface area contributed by atoms with Gasteiger partial charge < -0.3 is 4.74 Å². The van der Waals surface area contributed by atoms with Crippen molar-refractivity contribution in [2.24, 2.45) is 0 Å². The van der Waals surface area contributed by atoms with Crippen LogP contribution in [0.1, 0.15) is 27.0 Å². The topological polar surface area (TPSA) is 26.3 Å². The Bertz CT molecular complexity index is 565. The minimum absolute atomic E-state index is 0.309. The van der Waals surface area contributed by atoms with E-state index in [0.29, 0.717) is 11.3 Å². The molecule has 0 N–H and O–H groups in total. The van der Waals surface area contributed by atoms with Gasteiger partial charge in [-0.1, -0.05) is 35.9 Å². The van der Waals surface area contributed by atoms with E-state index < -0.39 is 0 Å². The monoisotopic (exact) mass is 240 g/mol. The number of benzene rings is 2. The first-order valence-corrected chi connectivity index (χ1v) is 5.93. The van der Waals surface area contributed by atoms with Crippen LogP contribution in [0.25, 0.3) is 0 Å². The molecule has 0 aliphatic carbocycles. The van der Waals surface area contributed by atoms with Gasteiger partial charge in [0.2, 0.25) is 0 Å². The molecule has 0 aliphatic rings. The predicted octanol–water partition coefficient (Wildman–Crippen LogP) is 3.83. The number of carbonyl (C=O) groups is 1. The van der Waals surface area contributed by atoms with Crippen molar-refractivity contribution in [1.29, 1.82) is 0 Å². The maximum atomic E-state index is 12.0. The van der Waals surface area contributed by atoms with Crippen LogP contribution in [0.3, 0.4) is 0 Å². The number of ether oxygens (including phenoxy) is 1. The molecule has 0 atom stereocenters. The fourth-order valence-corrected chi connectivity index (χ4v) is 1.88. The molecule has 0 unspecified atom stereocenters. The van der Waals surface area contributed by atoms with E-state index >= 15 is 0 Å². The van der Waals surface area contributed by atoms with Gasteiger partial charge in [-0.2, -0.15) is 0 Å². The molecule has 0 saturated heterocycles. The smallest absolute Gasteiger partial charge is 0.343 e. The first-order chi connectivity index (χ1) is 8.58. The Morgan fingerprint density at radius 1 is 0.944 bits per heavy atom. The zero-order valence-corrected chi connectivity index (χ0v) is 10.9. The van der Waals surface area contributed by atoms with E-state index in [1.165, 1.54) is 0 Å². The van der Waals surface area contributed by atoms with Crippen LogP contribution < -0.4 is 4.74 Å². The lowest BCUT2D eigenvalue weighted by atomic mass is 10.1. The third-order valence-corrected chi connectivity index (χ3v) is 2.86. The van der Waals surface area contributed by atoms with Crippen molar-refractivity contribution in [2.45, 2.75) is 20.8 Å². The molecule has 0 heterocycles. The number of aryl methyl sites for hydroxylation is 3. The van der Waals surface area contributed by atoms with Gasteiger partial charge in [0, 0.05) is 0 Å². The summed E-state index contributed by atoms with van der Waals surface area (Å²) < 4.78 is 5.48. The maximum absolute atomic E-state index is 12.0. The fraction of sp³-hybridized carbons (Fsp3) is 0.188. The van der Waals surface area contributed by atoms with Crippen molar-refractivity contribution in [2.75, 3.05) is 0 Å². The summed E-state index contributed by atoms with van der Waals surface area (Å²) in [6.45, 7) is 5.83. The Hall–Kier alpha value is -2.09. The molecule has 0 fully saturated rings. The zero-order chi connectivity index (χ0) is 13.1. The van der Waals surface area contributed by atoms with Gasteiger partial charge in [0.05, 0.1) is 5.56 Å². The summed E-state index contributed by atoms with van der Waals surface area (Å²) >= 11 is 0. The molecular weight excluding hydrogens is 224 g/mol. The van der Waals surface area contributed by atoms with Crippen molar-refractivity contribution >= 4 is 5.97 Å². The third kappa shape index (κ3) is 2.59. The van der Waals surface area contributed by atoms with Crippen molar-refractivity contribution in [3.05, 3.63) is 64.7 Å². The molecule has 2 nitrogen and oxygen atoms in total. The molecule has 92 valence electrons. The first kappa shape index (κ1) is 12.4. The standard InChI is InChI=1S/C16H16O2/c1-11-6-4-9-14(10-11)16(17)18-15-12(2)7-5-8-13(15)3/h4-10H,1-3H3. The van der Waals surface area contributed by atoms with Crippen molar-refractivity contribution in [3.8, 4) is 5.75 Å². The average Bonchev–Trinajstić information content (AvgIpc) is 2.34. The number of rotatable bonds is 2. The fourth-order valence-electron chi connectivity index (χ4n) is 1.88. The summed E-state index contributed by atoms with van der Waals surface area (Å²) in [6, 6.07) is 13.2. The van der Waals surface area contributed by atoms with Gasteiger partial charge in [0.1, 0.15) is 5.75 Å². The first-order valence-electron chi connectivity index (χ1n) is 5.93. The lowest BCUT2D eigenvalue weighted by Gasteiger charge is -2.10. The van der Waals surface area contributed by atoms with Crippen LogP contribution >= 0.6 is 0 Å². The van der Waals surface area contributed by atoms with Crippen molar-refractivity contribution < 1.29 is 9.53 Å². The van der Waals surface area contributed by atoms with Gasteiger partial charge in [0.15, 0.2) is 0 Å². The Labute approximate surface area is 107 Å². The second-order valence-corrected chi connectivity index (χ2v) is 4.48. The summed E-state index contributed by atoms with van der Waals surface area (Å²) in [6.07, 6.45) is 0. The normalized spacial score (nSPS) is 10.2. The van der Waals surface area contributed by atoms with Crippen molar-refractivity contribution in [3.63, 3.8) is 0 Å². The van der Waals surface area contributed by atoms with Gasteiger partial charge in [-0.3, -0.25) is 0 Å². The summed E-state index contributed by atoms with van der Waals surface area (Å²) in [5.74, 6) is 0.347. The molecular formula is C16H16O2. The number of para-hydroxylation sites is 1. The van der Waals surface area contributed by atoms with E-state index in [1.54, 1.807) is 6.07 Å². The highest BCUT2D eigenvalue weighted by molar-refractivity contribution is 5.91. The van der Waals surface area contributed by atoms with Crippen molar-refractivity contribution in [1.82, 2.24) is 0 Å². The minimum Gasteiger partial charge on any atom is -0.422 e. The second kappa shape index (κ2) is 5.05. The molecule has 0 aliphatic heterocycles. The SMILES string of the molecule is Cc1cccc(C(=O)Oc2c(C)cccc2C)c1. The molecule has 18 heavy (non-hydrogen) atoms. The molecule has 2 rings (SSSR count). The molecule has 0 saturated carbocycles. The van der Waals surface area contributed by atoms with E-state index in [0.717, 1.165) is 16.7 Å². The molecule has 2 heteroatoms. The summed E-state index contributed by atoms with van der Waals surface area (Å²) in [5, 5.41) is 0. The van der Waals surface area contributed by atoms with Crippen LogP contribution in [0.2, 0.25) is 0 Å². The maximum Gasteiger partial charge on any atom is 0.343 e. The Balaban J connectivity index is 2.27. The molecule has 0 spiro atoms. The van der Waals surface area contributed by atoms with Gasteiger partial charge in [0.25, 0.3) is 0 Å². The molecule has 0 amide bonds. The van der Waals surface area contributed by atoms with Gasteiger partial charge in [-0.05, 0) is 44.0 Å². The lowest BCUT2D eigenvalue weighted by molar-refractivity contribution is 0.0732. The quantitative estimate of drug-likeness (QED) is 0.589. The molecule has 2 aromatic rings. The van der Waals surface area contributed by atoms with Crippen LogP contribution in [0.5, 0.6) is 5.75 Å². The van der Waals surface area contributed by atoms with Crippen LogP contribution in [-0.2, 0) is 0 Å². The van der Waals surface area contributed by atoms with Crippen LogP contribution in [0, 0.1) is 20.8 Å². The summed E-state index contributed by atoms with van der Waals surface area (Å²) in [4.78, 5) is 12.0. The molecule has 0 bridgehead atoms. The molecule has 0 aromatic heterocycles.